The van der Waals surface area contributed by atoms with Crippen molar-refractivity contribution in [3.63, 3.8) is 0 Å². The molecular weight excluding hydrogens is 258 g/mol. The van der Waals surface area contributed by atoms with Crippen LogP contribution in [-0.4, -0.2) is 41.9 Å². The van der Waals surface area contributed by atoms with Gasteiger partial charge in [-0.25, -0.2) is 9.78 Å². The number of hydrogen-bond donors (Lipinski definition) is 2. The first-order valence-corrected chi connectivity index (χ1v) is 6.83. The Hall–Kier alpha value is -1.67. The molecule has 0 spiro atoms. The predicted octanol–water partition coefficient (Wildman–Crippen LogP) is 0.778. The highest BCUT2D eigenvalue weighted by atomic mass is 32.2. The second-order valence-electron chi connectivity index (χ2n) is 3.40. The van der Waals surface area contributed by atoms with Gasteiger partial charge in [0.1, 0.15) is 5.82 Å². The van der Waals surface area contributed by atoms with Gasteiger partial charge in [0.05, 0.1) is 0 Å². The minimum absolute atomic E-state index is 0.0122. The number of nitrogens with one attached hydrogen (secondary N) is 1. The highest BCUT2D eigenvalue weighted by Gasteiger charge is 2.19. The van der Waals surface area contributed by atoms with Crippen LogP contribution >= 0.6 is 0 Å². The SMILES string of the molecule is CCN(CC)S(=O)(=O)Nc1cccc(C(=O)O)n1. The molecule has 0 saturated carbocycles. The first kappa shape index (κ1) is 14.4. The zero-order valence-electron chi connectivity index (χ0n) is 10.1. The fraction of sp³-hybridized carbons (Fsp3) is 0.400. The van der Waals surface area contributed by atoms with Crippen LogP contribution in [-0.2, 0) is 10.2 Å². The number of carbonyl (C=O) groups is 1. The van der Waals surface area contributed by atoms with E-state index in [0.29, 0.717) is 13.1 Å². The largest absolute Gasteiger partial charge is 0.477 e. The highest BCUT2D eigenvalue weighted by Crippen LogP contribution is 2.09. The van der Waals surface area contributed by atoms with Gasteiger partial charge in [0, 0.05) is 13.1 Å². The van der Waals surface area contributed by atoms with Crippen LogP contribution in [0.4, 0.5) is 5.82 Å². The topological polar surface area (TPSA) is 99.6 Å². The molecule has 0 aliphatic rings. The Morgan fingerprint density at radius 1 is 1.39 bits per heavy atom. The molecule has 0 aliphatic heterocycles. The Bertz CT molecular complexity index is 526. The van der Waals surface area contributed by atoms with Crippen molar-refractivity contribution in [2.24, 2.45) is 0 Å². The Morgan fingerprint density at radius 3 is 2.50 bits per heavy atom. The summed E-state index contributed by atoms with van der Waals surface area (Å²) in [5, 5.41) is 8.76. The minimum Gasteiger partial charge on any atom is -0.477 e. The summed E-state index contributed by atoms with van der Waals surface area (Å²) >= 11 is 0. The van der Waals surface area contributed by atoms with E-state index < -0.39 is 16.2 Å². The third-order valence-electron chi connectivity index (χ3n) is 2.25. The Balaban J connectivity index is 2.97. The summed E-state index contributed by atoms with van der Waals surface area (Å²) in [6.07, 6.45) is 0. The lowest BCUT2D eigenvalue weighted by atomic mass is 10.3. The third kappa shape index (κ3) is 3.41. The summed E-state index contributed by atoms with van der Waals surface area (Å²) < 4.78 is 27.2. The Kier molecular flexibility index (Phi) is 4.62. The quantitative estimate of drug-likeness (QED) is 0.797. The molecule has 0 atom stereocenters. The van der Waals surface area contributed by atoms with Crippen molar-refractivity contribution in [3.8, 4) is 0 Å². The van der Waals surface area contributed by atoms with Gasteiger partial charge in [-0.15, -0.1) is 0 Å². The number of aromatic nitrogens is 1. The predicted molar refractivity (Wildman–Crippen MR) is 66.7 cm³/mol. The second kappa shape index (κ2) is 5.78. The number of anilines is 1. The average molecular weight is 273 g/mol. The maximum atomic E-state index is 11.9. The summed E-state index contributed by atoms with van der Waals surface area (Å²) in [5.74, 6) is -1.22. The minimum atomic E-state index is -3.69. The lowest BCUT2D eigenvalue weighted by Crippen LogP contribution is -2.35. The van der Waals surface area contributed by atoms with E-state index in [9.17, 15) is 13.2 Å². The lowest BCUT2D eigenvalue weighted by Gasteiger charge is -2.18. The number of aromatic carboxylic acids is 1. The molecule has 0 fully saturated rings. The summed E-state index contributed by atoms with van der Waals surface area (Å²) in [6, 6.07) is 4.11. The van der Waals surface area contributed by atoms with E-state index in [1.54, 1.807) is 13.8 Å². The van der Waals surface area contributed by atoms with Gasteiger partial charge in [0.2, 0.25) is 0 Å². The standard InChI is InChI=1S/C10H15N3O4S/c1-3-13(4-2)18(16,17)12-9-7-5-6-8(11-9)10(14)15/h5-7H,3-4H2,1-2H3,(H,11,12)(H,14,15). The summed E-state index contributed by atoms with van der Waals surface area (Å²) in [6.45, 7) is 4.07. The highest BCUT2D eigenvalue weighted by molar-refractivity contribution is 7.90. The smallest absolute Gasteiger partial charge is 0.354 e. The van der Waals surface area contributed by atoms with Crippen LogP contribution in [0.5, 0.6) is 0 Å². The zero-order chi connectivity index (χ0) is 13.8. The Morgan fingerprint density at radius 2 is 2.00 bits per heavy atom. The fourth-order valence-electron chi connectivity index (χ4n) is 1.37. The number of pyridine rings is 1. The van der Waals surface area contributed by atoms with E-state index in [4.69, 9.17) is 5.11 Å². The van der Waals surface area contributed by atoms with Crippen LogP contribution in [0.15, 0.2) is 18.2 Å². The first-order valence-electron chi connectivity index (χ1n) is 5.39. The van der Waals surface area contributed by atoms with Crippen molar-refractivity contribution >= 4 is 22.0 Å². The van der Waals surface area contributed by atoms with Crippen LogP contribution in [0.25, 0.3) is 0 Å². The van der Waals surface area contributed by atoms with E-state index >= 15 is 0 Å². The summed E-state index contributed by atoms with van der Waals surface area (Å²) in [5.41, 5.74) is -0.213. The molecule has 1 rings (SSSR count). The van der Waals surface area contributed by atoms with Crippen molar-refractivity contribution < 1.29 is 18.3 Å². The van der Waals surface area contributed by atoms with Crippen LogP contribution < -0.4 is 4.72 Å². The fourth-order valence-corrected chi connectivity index (χ4v) is 2.56. The number of carboxylic acid groups (broad SMARTS) is 1. The molecule has 1 heterocycles. The van der Waals surface area contributed by atoms with Crippen molar-refractivity contribution in [1.29, 1.82) is 0 Å². The number of rotatable bonds is 6. The molecule has 0 unspecified atom stereocenters. The van der Waals surface area contributed by atoms with Crippen molar-refractivity contribution in [2.45, 2.75) is 13.8 Å². The van der Waals surface area contributed by atoms with Gasteiger partial charge < -0.3 is 5.11 Å². The van der Waals surface area contributed by atoms with Crippen LogP contribution in [0.1, 0.15) is 24.3 Å². The van der Waals surface area contributed by atoms with Crippen molar-refractivity contribution in [3.05, 3.63) is 23.9 Å². The monoisotopic (exact) mass is 273 g/mol. The maximum Gasteiger partial charge on any atom is 0.354 e. The number of nitrogens with zero attached hydrogens (tertiary/aromatic N) is 2. The number of carboxylic acids is 1. The van der Waals surface area contributed by atoms with Gasteiger partial charge in [-0.3, -0.25) is 4.72 Å². The van der Waals surface area contributed by atoms with Crippen LogP contribution in [0, 0.1) is 0 Å². The van der Waals surface area contributed by atoms with Crippen molar-refractivity contribution in [1.82, 2.24) is 9.29 Å². The molecule has 0 bridgehead atoms. The van der Waals surface area contributed by atoms with Crippen molar-refractivity contribution in [2.75, 3.05) is 17.8 Å². The molecule has 0 aromatic carbocycles. The molecule has 18 heavy (non-hydrogen) atoms. The molecule has 100 valence electrons. The molecular formula is C10H15N3O4S. The van der Waals surface area contributed by atoms with Gasteiger partial charge in [-0.05, 0) is 12.1 Å². The van der Waals surface area contributed by atoms with Crippen LogP contribution in [0.3, 0.4) is 0 Å². The molecule has 0 aliphatic carbocycles. The van der Waals surface area contributed by atoms with E-state index in [2.05, 4.69) is 9.71 Å². The molecule has 7 nitrogen and oxygen atoms in total. The summed E-state index contributed by atoms with van der Waals surface area (Å²) in [7, 11) is -3.69. The van der Waals surface area contributed by atoms with E-state index in [1.807, 2.05) is 0 Å². The van der Waals surface area contributed by atoms with E-state index in [0.717, 1.165) is 0 Å². The number of hydrogen-bond acceptors (Lipinski definition) is 4. The van der Waals surface area contributed by atoms with Gasteiger partial charge in [-0.1, -0.05) is 19.9 Å². The normalized spacial score (nSPS) is 11.5. The molecule has 0 amide bonds. The zero-order valence-corrected chi connectivity index (χ0v) is 10.9. The van der Waals surface area contributed by atoms with Crippen LogP contribution in [0.2, 0.25) is 0 Å². The molecule has 0 saturated heterocycles. The molecule has 2 N–H and O–H groups in total. The molecule has 8 heteroatoms. The molecule has 1 aromatic heterocycles. The molecule has 0 radical (unpaired) electrons. The van der Waals surface area contributed by atoms with Gasteiger partial charge in [0.25, 0.3) is 0 Å². The molecule has 1 aromatic rings. The van der Waals surface area contributed by atoms with E-state index in [-0.39, 0.29) is 11.5 Å². The Labute approximate surface area is 106 Å². The summed E-state index contributed by atoms with van der Waals surface area (Å²) in [4.78, 5) is 14.4. The average Bonchev–Trinajstić information content (AvgIpc) is 2.29. The lowest BCUT2D eigenvalue weighted by molar-refractivity contribution is 0.0690. The van der Waals surface area contributed by atoms with Gasteiger partial charge in [-0.2, -0.15) is 12.7 Å². The third-order valence-corrected chi connectivity index (χ3v) is 3.91. The maximum absolute atomic E-state index is 11.9. The second-order valence-corrected chi connectivity index (χ2v) is 5.08. The van der Waals surface area contributed by atoms with Gasteiger partial charge >= 0.3 is 16.2 Å². The van der Waals surface area contributed by atoms with Gasteiger partial charge in [0.15, 0.2) is 5.69 Å². The van der Waals surface area contributed by atoms with E-state index in [1.165, 1.54) is 22.5 Å². The first-order chi connectivity index (χ1) is 8.40.